The fraction of sp³-hybridized carbons (Fsp3) is 0.375. The molecule has 1 rings (SSSR count). The van der Waals surface area contributed by atoms with Crippen LogP contribution in [0.5, 0.6) is 0 Å². The third kappa shape index (κ3) is 2.18. The molecule has 0 aliphatic rings. The maximum absolute atomic E-state index is 12.3. The second kappa shape index (κ2) is 3.33. The van der Waals surface area contributed by atoms with Crippen LogP contribution in [0.25, 0.3) is 0 Å². The van der Waals surface area contributed by atoms with Gasteiger partial charge in [-0.3, -0.25) is 4.98 Å². The summed E-state index contributed by atoms with van der Waals surface area (Å²) in [4.78, 5) is 3.49. The van der Waals surface area contributed by atoms with Crippen molar-refractivity contribution in [3.63, 3.8) is 0 Å². The molecule has 0 saturated heterocycles. The number of hydrogen-bond donors (Lipinski definition) is 1. The Kier molecular flexibility index (Phi) is 2.56. The Morgan fingerprint density at radius 1 is 1.46 bits per heavy atom. The van der Waals surface area contributed by atoms with Gasteiger partial charge in [-0.15, -0.1) is 0 Å². The minimum absolute atomic E-state index is 0.335. The molecular formula is C8H8F3NO. The zero-order valence-electron chi connectivity index (χ0n) is 6.89. The Bertz CT molecular complexity index is 309. The van der Waals surface area contributed by atoms with E-state index in [2.05, 4.69) is 4.98 Å². The Morgan fingerprint density at radius 3 is 2.54 bits per heavy atom. The minimum Gasteiger partial charge on any atom is -0.390 e. The molecule has 1 aromatic rings. The molecule has 0 atom stereocenters. The van der Waals surface area contributed by atoms with Crippen LogP contribution in [0.15, 0.2) is 12.3 Å². The van der Waals surface area contributed by atoms with E-state index in [9.17, 15) is 13.2 Å². The van der Waals surface area contributed by atoms with Crippen molar-refractivity contribution in [2.24, 2.45) is 0 Å². The molecule has 5 heteroatoms. The maximum Gasteiger partial charge on any atom is 0.418 e. The first-order valence-corrected chi connectivity index (χ1v) is 3.58. The number of aliphatic hydroxyl groups excluding tert-OH is 1. The lowest BCUT2D eigenvalue weighted by atomic mass is 10.1. The number of nitrogens with zero attached hydrogens (tertiary/aromatic N) is 1. The number of halogens is 3. The molecule has 1 N–H and O–H groups in total. The van der Waals surface area contributed by atoms with Gasteiger partial charge in [-0.1, -0.05) is 0 Å². The van der Waals surface area contributed by atoms with Crippen molar-refractivity contribution in [2.75, 3.05) is 0 Å². The van der Waals surface area contributed by atoms with Crippen LogP contribution in [0, 0.1) is 6.92 Å². The first kappa shape index (κ1) is 9.98. The second-order valence-corrected chi connectivity index (χ2v) is 2.66. The van der Waals surface area contributed by atoms with Gasteiger partial charge in [0.1, 0.15) is 0 Å². The van der Waals surface area contributed by atoms with Crippen LogP contribution in [0.1, 0.15) is 16.8 Å². The van der Waals surface area contributed by atoms with Gasteiger partial charge in [0.2, 0.25) is 0 Å². The van der Waals surface area contributed by atoms with E-state index in [4.69, 9.17) is 5.11 Å². The van der Waals surface area contributed by atoms with Gasteiger partial charge < -0.3 is 5.11 Å². The standard InChI is InChI=1S/C8H8F3NO/c1-5-2-6(8(9,10)11)7(4-13)12-3-5/h2-3,13H,4H2,1H3. The molecule has 0 fully saturated rings. The Morgan fingerprint density at radius 2 is 2.08 bits per heavy atom. The first-order valence-electron chi connectivity index (χ1n) is 3.58. The van der Waals surface area contributed by atoms with E-state index in [1.54, 1.807) is 0 Å². The van der Waals surface area contributed by atoms with Crippen molar-refractivity contribution >= 4 is 0 Å². The van der Waals surface area contributed by atoms with Crippen LogP contribution in [-0.2, 0) is 12.8 Å². The number of rotatable bonds is 1. The van der Waals surface area contributed by atoms with Crippen molar-refractivity contribution in [1.29, 1.82) is 0 Å². The van der Waals surface area contributed by atoms with E-state index in [-0.39, 0.29) is 5.69 Å². The highest BCUT2D eigenvalue weighted by atomic mass is 19.4. The maximum atomic E-state index is 12.3. The second-order valence-electron chi connectivity index (χ2n) is 2.66. The molecular weight excluding hydrogens is 183 g/mol. The minimum atomic E-state index is -4.45. The molecule has 1 heterocycles. The van der Waals surface area contributed by atoms with E-state index >= 15 is 0 Å². The molecule has 0 aliphatic heterocycles. The summed E-state index contributed by atoms with van der Waals surface area (Å²) in [5, 5.41) is 8.61. The lowest BCUT2D eigenvalue weighted by molar-refractivity contribution is -0.139. The number of aliphatic hydroxyl groups is 1. The third-order valence-electron chi connectivity index (χ3n) is 1.56. The molecule has 0 spiro atoms. The fourth-order valence-corrected chi connectivity index (χ4v) is 0.969. The predicted octanol–water partition coefficient (Wildman–Crippen LogP) is 1.90. The molecule has 0 aliphatic carbocycles. The summed E-state index contributed by atoms with van der Waals surface area (Å²) < 4.78 is 36.8. The normalized spacial score (nSPS) is 11.8. The average molecular weight is 191 g/mol. The summed E-state index contributed by atoms with van der Waals surface area (Å²) in [6.07, 6.45) is -3.15. The molecule has 1 aromatic heterocycles. The van der Waals surface area contributed by atoms with Crippen LogP contribution in [-0.4, -0.2) is 10.1 Å². The highest BCUT2D eigenvalue weighted by Crippen LogP contribution is 2.31. The topological polar surface area (TPSA) is 33.1 Å². The summed E-state index contributed by atoms with van der Waals surface area (Å²) >= 11 is 0. The average Bonchev–Trinajstić information content (AvgIpc) is 2.03. The quantitative estimate of drug-likeness (QED) is 0.735. The van der Waals surface area contributed by atoms with Gasteiger partial charge in [-0.25, -0.2) is 0 Å². The van der Waals surface area contributed by atoms with Gasteiger partial charge in [0, 0.05) is 6.20 Å². The first-order chi connectivity index (χ1) is 5.95. The van der Waals surface area contributed by atoms with E-state index in [0.717, 1.165) is 6.07 Å². The van der Waals surface area contributed by atoms with E-state index in [1.807, 2.05) is 0 Å². The highest BCUT2D eigenvalue weighted by molar-refractivity contribution is 5.26. The molecule has 0 saturated carbocycles. The zero-order valence-corrected chi connectivity index (χ0v) is 6.89. The van der Waals surface area contributed by atoms with Gasteiger partial charge in [-0.05, 0) is 18.6 Å². The van der Waals surface area contributed by atoms with Crippen molar-refractivity contribution in [3.05, 3.63) is 29.1 Å². The number of hydrogen-bond acceptors (Lipinski definition) is 2. The summed E-state index contributed by atoms with van der Waals surface area (Å²) in [5.41, 5.74) is -0.780. The van der Waals surface area contributed by atoms with Crippen molar-refractivity contribution in [3.8, 4) is 0 Å². The van der Waals surface area contributed by atoms with Crippen molar-refractivity contribution < 1.29 is 18.3 Å². The number of alkyl halides is 3. The largest absolute Gasteiger partial charge is 0.418 e. The molecule has 0 aromatic carbocycles. The molecule has 2 nitrogen and oxygen atoms in total. The van der Waals surface area contributed by atoms with Crippen LogP contribution >= 0.6 is 0 Å². The summed E-state index contributed by atoms with van der Waals surface area (Å²) in [5.74, 6) is 0. The summed E-state index contributed by atoms with van der Waals surface area (Å²) in [7, 11) is 0. The van der Waals surface area contributed by atoms with E-state index < -0.39 is 18.3 Å². The zero-order chi connectivity index (χ0) is 10.1. The Balaban J connectivity index is 3.24. The van der Waals surface area contributed by atoms with Crippen LogP contribution in [0.3, 0.4) is 0 Å². The van der Waals surface area contributed by atoms with Crippen molar-refractivity contribution in [1.82, 2.24) is 4.98 Å². The summed E-state index contributed by atoms with van der Waals surface area (Å²) in [6, 6.07) is 0.971. The lowest BCUT2D eigenvalue weighted by Crippen LogP contribution is -2.11. The Labute approximate surface area is 73.0 Å². The molecule has 0 unspecified atom stereocenters. The van der Waals surface area contributed by atoms with Crippen molar-refractivity contribution in [2.45, 2.75) is 19.7 Å². The smallest absolute Gasteiger partial charge is 0.390 e. The fourth-order valence-electron chi connectivity index (χ4n) is 0.969. The number of pyridine rings is 1. The molecule has 0 bridgehead atoms. The van der Waals surface area contributed by atoms with Gasteiger partial charge in [0.15, 0.2) is 0 Å². The molecule has 0 amide bonds. The lowest BCUT2D eigenvalue weighted by Gasteiger charge is -2.10. The molecule has 72 valence electrons. The van der Waals surface area contributed by atoms with Gasteiger partial charge in [0.05, 0.1) is 17.9 Å². The molecule has 13 heavy (non-hydrogen) atoms. The molecule has 0 radical (unpaired) electrons. The van der Waals surface area contributed by atoms with Crippen LogP contribution < -0.4 is 0 Å². The van der Waals surface area contributed by atoms with E-state index in [0.29, 0.717) is 5.56 Å². The SMILES string of the molecule is Cc1cnc(CO)c(C(F)(F)F)c1. The van der Waals surface area contributed by atoms with Gasteiger partial charge in [-0.2, -0.15) is 13.2 Å². The predicted molar refractivity (Wildman–Crippen MR) is 39.9 cm³/mol. The van der Waals surface area contributed by atoms with Crippen LogP contribution in [0.4, 0.5) is 13.2 Å². The van der Waals surface area contributed by atoms with Gasteiger partial charge >= 0.3 is 6.18 Å². The highest BCUT2D eigenvalue weighted by Gasteiger charge is 2.33. The third-order valence-corrected chi connectivity index (χ3v) is 1.56. The van der Waals surface area contributed by atoms with Gasteiger partial charge in [0.25, 0.3) is 0 Å². The number of aryl methyl sites for hydroxylation is 1. The summed E-state index contributed by atoms with van der Waals surface area (Å²) in [6.45, 7) is 0.818. The monoisotopic (exact) mass is 191 g/mol. The Hall–Kier alpha value is -1.10. The number of aromatic nitrogens is 1. The van der Waals surface area contributed by atoms with Crippen LogP contribution in [0.2, 0.25) is 0 Å². The van der Waals surface area contributed by atoms with E-state index in [1.165, 1.54) is 13.1 Å².